The molecule has 0 radical (unpaired) electrons. The number of hydrogen-bond acceptors (Lipinski definition) is 4. The van der Waals surface area contributed by atoms with Crippen LogP contribution in [0.5, 0.6) is 0 Å². The van der Waals surface area contributed by atoms with Crippen LogP contribution in [0.25, 0.3) is 0 Å². The summed E-state index contributed by atoms with van der Waals surface area (Å²) in [4.78, 5) is 4.33. The number of halogens is 1. The van der Waals surface area contributed by atoms with Gasteiger partial charge >= 0.3 is 25.6 Å². The Balaban J connectivity index is 0.00000400. The van der Waals surface area contributed by atoms with Gasteiger partial charge in [0.05, 0.1) is 5.02 Å². The molecule has 21 heavy (non-hydrogen) atoms. The third-order valence-electron chi connectivity index (χ3n) is 2.47. The van der Waals surface area contributed by atoms with Gasteiger partial charge in [-0.1, -0.05) is 17.7 Å². The van der Waals surface area contributed by atoms with E-state index in [-0.39, 0.29) is 37.2 Å². The van der Waals surface area contributed by atoms with E-state index in [0.717, 1.165) is 0 Å². The molecule has 1 heterocycles. The van der Waals surface area contributed by atoms with Crippen molar-refractivity contribution in [2.45, 2.75) is 59.9 Å². The Morgan fingerprint density at radius 2 is 1.33 bits per heavy atom. The molecule has 0 saturated carbocycles. The molecule has 0 unspecified atom stereocenters. The Bertz CT molecular complexity index is 389. The van der Waals surface area contributed by atoms with Crippen LogP contribution >= 0.6 is 11.6 Å². The van der Waals surface area contributed by atoms with E-state index >= 15 is 0 Å². The average Bonchev–Trinajstić information content (AvgIpc) is 2.26. The molecule has 7 heteroatoms. The predicted octanol–water partition coefficient (Wildman–Crippen LogP) is 0.160. The second kappa shape index (κ2) is 9.20. The minimum atomic E-state index is -2.10. The minimum Gasteiger partial charge on any atom is -0.538 e. The molecule has 0 bridgehead atoms. The zero-order valence-corrected chi connectivity index (χ0v) is 14.8. The van der Waals surface area contributed by atoms with Crippen LogP contribution in [-0.4, -0.2) is 30.1 Å². The largest absolute Gasteiger partial charge is 1.00 e. The summed E-state index contributed by atoms with van der Waals surface area (Å²) in [6.07, 6.45) is 1.42. The van der Waals surface area contributed by atoms with Gasteiger partial charge in [-0.15, -0.1) is 0 Å². The molecule has 0 saturated heterocycles. The van der Waals surface area contributed by atoms with Gasteiger partial charge < -0.3 is 14.0 Å². The van der Waals surface area contributed by atoms with E-state index < -0.39 is 6.75 Å². The Morgan fingerprint density at radius 3 is 1.62 bits per heavy atom. The zero-order chi connectivity index (χ0) is 15.3. The minimum absolute atomic E-state index is 0. The van der Waals surface area contributed by atoms with Crippen LogP contribution in [0.3, 0.4) is 0 Å². The maximum atomic E-state index is 6.00. The fourth-order valence-corrected chi connectivity index (χ4v) is 2.09. The SMILES string of the molecule is CC(C)O[B-](OC(C)C)(OC(C)C)c1ccc(Cl)cn1.[Li+]. The molecule has 1 aromatic rings. The van der Waals surface area contributed by atoms with E-state index in [1.165, 1.54) is 0 Å². The molecule has 0 aliphatic rings. The van der Waals surface area contributed by atoms with Crippen molar-refractivity contribution >= 4 is 23.9 Å². The van der Waals surface area contributed by atoms with E-state index in [4.69, 9.17) is 25.6 Å². The van der Waals surface area contributed by atoms with Crippen molar-refractivity contribution < 1.29 is 32.8 Å². The molecule has 0 aromatic carbocycles. The summed E-state index contributed by atoms with van der Waals surface area (Å²) in [5, 5.41) is 0.567. The summed E-state index contributed by atoms with van der Waals surface area (Å²) in [5.41, 5.74) is 0.616. The Labute approximate surface area is 145 Å². The third kappa shape index (κ3) is 6.73. The first-order valence-corrected chi connectivity index (χ1v) is 7.42. The smallest absolute Gasteiger partial charge is 0.538 e. The Morgan fingerprint density at radius 1 is 0.905 bits per heavy atom. The van der Waals surface area contributed by atoms with Crippen molar-refractivity contribution in [2.24, 2.45) is 0 Å². The zero-order valence-electron chi connectivity index (χ0n) is 14.1. The number of nitrogens with zero attached hydrogens (tertiary/aromatic N) is 1. The van der Waals surface area contributed by atoms with Gasteiger partial charge in [0.2, 0.25) is 0 Å². The number of hydrogen-bond donors (Lipinski definition) is 0. The van der Waals surface area contributed by atoms with Crippen molar-refractivity contribution in [3.63, 3.8) is 0 Å². The predicted molar refractivity (Wildman–Crippen MR) is 83.3 cm³/mol. The summed E-state index contributed by atoms with van der Waals surface area (Å²) < 4.78 is 18.0. The molecule has 0 fully saturated rings. The van der Waals surface area contributed by atoms with E-state index in [1.807, 2.05) is 41.5 Å². The van der Waals surface area contributed by atoms with Crippen LogP contribution in [0.15, 0.2) is 18.3 Å². The van der Waals surface area contributed by atoms with Crippen molar-refractivity contribution in [1.82, 2.24) is 4.98 Å². The topological polar surface area (TPSA) is 40.6 Å². The first-order chi connectivity index (χ1) is 9.25. The third-order valence-corrected chi connectivity index (χ3v) is 2.69. The second-order valence-electron chi connectivity index (χ2n) is 5.60. The van der Waals surface area contributed by atoms with Gasteiger partial charge in [0.1, 0.15) is 0 Å². The molecule has 0 spiro atoms. The number of rotatable bonds is 7. The van der Waals surface area contributed by atoms with Gasteiger partial charge in [-0.2, -0.15) is 0 Å². The summed E-state index contributed by atoms with van der Waals surface area (Å²) in [5.74, 6) is 0. The van der Waals surface area contributed by atoms with E-state index in [9.17, 15) is 0 Å². The molecule has 0 N–H and O–H groups in total. The van der Waals surface area contributed by atoms with E-state index in [2.05, 4.69) is 4.98 Å². The van der Waals surface area contributed by atoms with Gasteiger partial charge in [0, 0.05) is 24.5 Å². The van der Waals surface area contributed by atoms with Crippen LogP contribution in [0.1, 0.15) is 41.5 Å². The summed E-state index contributed by atoms with van der Waals surface area (Å²) in [6, 6.07) is 3.55. The summed E-state index contributed by atoms with van der Waals surface area (Å²) in [7, 11) is 0. The van der Waals surface area contributed by atoms with Crippen LogP contribution in [0.2, 0.25) is 5.02 Å². The Hall–Kier alpha value is -0.0177. The number of aromatic nitrogens is 1. The van der Waals surface area contributed by atoms with Crippen LogP contribution in [0, 0.1) is 0 Å². The van der Waals surface area contributed by atoms with Gasteiger partial charge in [0.25, 0.3) is 0 Å². The van der Waals surface area contributed by atoms with E-state index in [0.29, 0.717) is 10.6 Å². The van der Waals surface area contributed by atoms with Crippen LogP contribution in [0.4, 0.5) is 0 Å². The normalized spacial score (nSPS) is 12.1. The molecule has 0 amide bonds. The average molecular weight is 308 g/mol. The quantitative estimate of drug-likeness (QED) is 0.673. The molecule has 0 atom stereocenters. The fraction of sp³-hybridized carbons (Fsp3) is 0.643. The van der Waals surface area contributed by atoms with Gasteiger partial charge in [-0.25, -0.2) is 0 Å². The molecular weight excluding hydrogens is 283 g/mol. The first-order valence-electron chi connectivity index (χ1n) is 7.04. The molecule has 1 aromatic heterocycles. The van der Waals surface area contributed by atoms with Crippen LogP contribution < -0.4 is 24.5 Å². The summed E-state index contributed by atoms with van der Waals surface area (Å²) >= 11 is 5.90. The Kier molecular flexibility index (Phi) is 9.19. The van der Waals surface area contributed by atoms with Gasteiger partial charge in [0.15, 0.2) is 0 Å². The molecule has 4 nitrogen and oxygen atoms in total. The molecule has 0 aliphatic carbocycles. The van der Waals surface area contributed by atoms with Crippen molar-refractivity contribution in [3.8, 4) is 0 Å². The molecule has 0 aliphatic heterocycles. The standard InChI is InChI=1S/C14H24BClNO3.Li/c1-10(2)18-15(19-11(3)4,20-12(5)6)14-8-7-13(16)9-17-14;/h7-12H,1-6H3;/q-1;+1. The first kappa shape index (κ1) is 21.0. The number of pyridine rings is 1. The fourth-order valence-electron chi connectivity index (χ4n) is 1.98. The molecule has 114 valence electrons. The maximum absolute atomic E-state index is 6.00. The maximum Gasteiger partial charge on any atom is 1.00 e. The monoisotopic (exact) mass is 307 g/mol. The molecule has 1 rings (SSSR count). The van der Waals surface area contributed by atoms with Crippen molar-refractivity contribution in [3.05, 3.63) is 23.4 Å². The van der Waals surface area contributed by atoms with Crippen molar-refractivity contribution in [2.75, 3.05) is 0 Å². The summed E-state index contributed by atoms with van der Waals surface area (Å²) in [6.45, 7) is 9.57. The molecular formula is C14H24BClLiNO3. The van der Waals surface area contributed by atoms with Gasteiger partial charge in [-0.05, 0) is 53.2 Å². The van der Waals surface area contributed by atoms with Gasteiger partial charge in [-0.3, -0.25) is 4.98 Å². The second-order valence-corrected chi connectivity index (χ2v) is 6.03. The van der Waals surface area contributed by atoms with E-state index in [1.54, 1.807) is 18.3 Å². The van der Waals surface area contributed by atoms with Crippen LogP contribution in [-0.2, 0) is 14.0 Å². The van der Waals surface area contributed by atoms with Crippen molar-refractivity contribution in [1.29, 1.82) is 0 Å².